The molecule has 4 nitrogen and oxygen atoms in total. The summed E-state index contributed by atoms with van der Waals surface area (Å²) in [4.78, 5) is 2.26. The Morgan fingerprint density at radius 1 is 1.62 bits per heavy atom. The van der Waals surface area contributed by atoms with E-state index in [0.29, 0.717) is 0 Å². The second kappa shape index (κ2) is 3.12. The van der Waals surface area contributed by atoms with Crippen molar-refractivity contribution in [3.8, 4) is 0 Å². The molecule has 1 aromatic rings. The Balaban J connectivity index is 2.35. The molecule has 0 saturated carbocycles. The van der Waals surface area contributed by atoms with E-state index in [4.69, 9.17) is 10.3 Å². The fourth-order valence-corrected chi connectivity index (χ4v) is 1.73. The van der Waals surface area contributed by atoms with Gasteiger partial charge in [-0.2, -0.15) is 0 Å². The number of nitrogens with two attached hydrogens (primary N) is 1. The molecule has 0 radical (unpaired) electrons. The van der Waals surface area contributed by atoms with E-state index in [2.05, 4.69) is 17.1 Å². The fourth-order valence-electron chi connectivity index (χ4n) is 1.73. The van der Waals surface area contributed by atoms with Crippen molar-refractivity contribution < 1.29 is 4.52 Å². The molecule has 0 amide bonds. The Morgan fingerprint density at radius 3 is 3.08 bits per heavy atom. The van der Waals surface area contributed by atoms with Crippen LogP contribution in [0.25, 0.3) is 0 Å². The summed E-state index contributed by atoms with van der Waals surface area (Å²) in [7, 11) is 2.10. The molecule has 1 aromatic heterocycles. The van der Waals surface area contributed by atoms with E-state index in [1.807, 2.05) is 6.92 Å². The second-order valence-electron chi connectivity index (χ2n) is 3.75. The third-order valence-electron chi connectivity index (χ3n) is 2.47. The van der Waals surface area contributed by atoms with Crippen LogP contribution in [0.3, 0.4) is 0 Å². The van der Waals surface area contributed by atoms with Crippen LogP contribution >= 0.6 is 0 Å². The zero-order valence-electron chi connectivity index (χ0n) is 8.08. The maximum absolute atomic E-state index is 5.78. The molecule has 1 aliphatic rings. The summed E-state index contributed by atoms with van der Waals surface area (Å²) in [5, 5.41) is 4.03. The van der Waals surface area contributed by atoms with Crippen LogP contribution in [0.1, 0.15) is 30.0 Å². The number of fused-ring (bicyclic) bond motifs is 1. The molecule has 0 spiro atoms. The molecule has 4 heteroatoms. The Kier molecular flexibility index (Phi) is 2.09. The van der Waals surface area contributed by atoms with E-state index < -0.39 is 0 Å². The fraction of sp³-hybridized carbons (Fsp3) is 0.667. The van der Waals surface area contributed by atoms with Gasteiger partial charge in [0, 0.05) is 25.1 Å². The Labute approximate surface area is 77.7 Å². The monoisotopic (exact) mass is 181 g/mol. The number of hydrogen-bond donors (Lipinski definition) is 1. The predicted molar refractivity (Wildman–Crippen MR) is 49.1 cm³/mol. The largest absolute Gasteiger partial charge is 0.359 e. The molecule has 2 N–H and O–H groups in total. The first-order chi connectivity index (χ1) is 6.18. The van der Waals surface area contributed by atoms with Crippen LogP contribution in [0, 0.1) is 0 Å². The quantitative estimate of drug-likeness (QED) is 0.692. The molecule has 0 bridgehead atoms. The van der Waals surface area contributed by atoms with Gasteiger partial charge in [-0.05, 0) is 14.0 Å². The van der Waals surface area contributed by atoms with Gasteiger partial charge in [-0.3, -0.25) is 0 Å². The minimum atomic E-state index is -0.0530. The molecule has 0 aromatic carbocycles. The highest BCUT2D eigenvalue weighted by atomic mass is 16.5. The lowest BCUT2D eigenvalue weighted by atomic mass is 10.0. The van der Waals surface area contributed by atoms with Crippen molar-refractivity contribution in [2.45, 2.75) is 25.9 Å². The van der Waals surface area contributed by atoms with Crippen molar-refractivity contribution in [3.05, 3.63) is 17.0 Å². The van der Waals surface area contributed by atoms with Crippen LogP contribution in [-0.4, -0.2) is 23.6 Å². The minimum Gasteiger partial charge on any atom is -0.359 e. The standard InChI is InChI=1S/C9H15N3O/c1-6(10)9-7-5-12(2)4-3-8(7)11-13-9/h6H,3-5,10H2,1-2H3/t6-/m0/s1. The number of nitrogens with zero attached hydrogens (tertiary/aromatic N) is 2. The predicted octanol–water partition coefficient (Wildman–Crippen LogP) is 0.682. The summed E-state index contributed by atoms with van der Waals surface area (Å²) in [6, 6.07) is -0.0530. The van der Waals surface area contributed by atoms with Gasteiger partial charge in [-0.1, -0.05) is 5.16 Å². The van der Waals surface area contributed by atoms with E-state index in [9.17, 15) is 0 Å². The van der Waals surface area contributed by atoms with Gasteiger partial charge in [0.05, 0.1) is 11.7 Å². The highest BCUT2D eigenvalue weighted by molar-refractivity contribution is 5.26. The van der Waals surface area contributed by atoms with Crippen LogP contribution in [0.2, 0.25) is 0 Å². The van der Waals surface area contributed by atoms with E-state index in [1.54, 1.807) is 0 Å². The molecule has 2 heterocycles. The normalized spacial score (nSPS) is 19.9. The number of likely N-dealkylation sites (N-methyl/N-ethyl adjacent to an activating group) is 1. The molecule has 1 atom stereocenters. The van der Waals surface area contributed by atoms with Gasteiger partial charge >= 0.3 is 0 Å². The van der Waals surface area contributed by atoms with Crippen LogP contribution in [0.4, 0.5) is 0 Å². The lowest BCUT2D eigenvalue weighted by molar-refractivity contribution is 0.310. The summed E-state index contributed by atoms with van der Waals surface area (Å²) < 4.78 is 5.23. The van der Waals surface area contributed by atoms with Gasteiger partial charge in [0.1, 0.15) is 0 Å². The summed E-state index contributed by atoms with van der Waals surface area (Å²) in [6.07, 6.45) is 0.974. The molecule has 13 heavy (non-hydrogen) atoms. The van der Waals surface area contributed by atoms with Gasteiger partial charge in [0.25, 0.3) is 0 Å². The summed E-state index contributed by atoms with van der Waals surface area (Å²) in [5.41, 5.74) is 8.06. The lowest BCUT2D eigenvalue weighted by Crippen LogP contribution is -2.27. The number of rotatable bonds is 1. The molecular formula is C9H15N3O. The van der Waals surface area contributed by atoms with E-state index >= 15 is 0 Å². The highest BCUT2D eigenvalue weighted by Gasteiger charge is 2.23. The van der Waals surface area contributed by atoms with E-state index in [0.717, 1.165) is 31.0 Å². The summed E-state index contributed by atoms with van der Waals surface area (Å²) in [6.45, 7) is 3.89. The third kappa shape index (κ3) is 1.47. The molecule has 0 fully saturated rings. The average Bonchev–Trinajstić information content (AvgIpc) is 2.46. The third-order valence-corrected chi connectivity index (χ3v) is 2.47. The lowest BCUT2D eigenvalue weighted by Gasteiger charge is -2.21. The van der Waals surface area contributed by atoms with Crippen molar-refractivity contribution >= 4 is 0 Å². The van der Waals surface area contributed by atoms with Gasteiger partial charge in [0.2, 0.25) is 0 Å². The Morgan fingerprint density at radius 2 is 2.38 bits per heavy atom. The Bertz CT molecular complexity index is 306. The highest BCUT2D eigenvalue weighted by Crippen LogP contribution is 2.24. The van der Waals surface area contributed by atoms with Crippen molar-refractivity contribution in [1.29, 1.82) is 0 Å². The summed E-state index contributed by atoms with van der Waals surface area (Å²) in [5.74, 6) is 0.849. The van der Waals surface area contributed by atoms with Crippen molar-refractivity contribution in [2.24, 2.45) is 5.73 Å². The minimum absolute atomic E-state index is 0.0530. The first kappa shape index (κ1) is 8.72. The van der Waals surface area contributed by atoms with Crippen LogP contribution < -0.4 is 5.73 Å². The zero-order valence-corrected chi connectivity index (χ0v) is 8.08. The van der Waals surface area contributed by atoms with Crippen LogP contribution in [0.5, 0.6) is 0 Å². The topological polar surface area (TPSA) is 55.3 Å². The van der Waals surface area contributed by atoms with Gasteiger partial charge in [-0.15, -0.1) is 0 Å². The first-order valence-electron chi connectivity index (χ1n) is 4.60. The Hall–Kier alpha value is -0.870. The average molecular weight is 181 g/mol. The maximum atomic E-state index is 5.78. The molecule has 0 aliphatic carbocycles. The van der Waals surface area contributed by atoms with Crippen LogP contribution in [0.15, 0.2) is 4.52 Å². The second-order valence-corrected chi connectivity index (χ2v) is 3.75. The van der Waals surface area contributed by atoms with Crippen molar-refractivity contribution in [3.63, 3.8) is 0 Å². The molecule has 0 saturated heterocycles. The van der Waals surface area contributed by atoms with E-state index in [-0.39, 0.29) is 6.04 Å². The SMILES string of the molecule is C[C@H](N)c1onc2c1CN(C)CC2. The smallest absolute Gasteiger partial charge is 0.157 e. The number of hydrogen-bond acceptors (Lipinski definition) is 4. The van der Waals surface area contributed by atoms with Crippen LogP contribution in [-0.2, 0) is 13.0 Å². The van der Waals surface area contributed by atoms with Crippen molar-refractivity contribution in [1.82, 2.24) is 10.1 Å². The zero-order chi connectivity index (χ0) is 9.42. The first-order valence-corrected chi connectivity index (χ1v) is 4.60. The molecule has 1 aliphatic heterocycles. The molecular weight excluding hydrogens is 166 g/mol. The van der Waals surface area contributed by atoms with Crippen molar-refractivity contribution in [2.75, 3.05) is 13.6 Å². The molecule has 0 unspecified atom stereocenters. The number of aromatic nitrogens is 1. The van der Waals surface area contributed by atoms with Gasteiger partial charge in [0.15, 0.2) is 5.76 Å². The molecule has 72 valence electrons. The van der Waals surface area contributed by atoms with Gasteiger partial charge in [-0.25, -0.2) is 0 Å². The maximum Gasteiger partial charge on any atom is 0.157 e. The van der Waals surface area contributed by atoms with Gasteiger partial charge < -0.3 is 15.2 Å². The molecule has 2 rings (SSSR count). The summed E-state index contributed by atoms with van der Waals surface area (Å²) >= 11 is 0. The van der Waals surface area contributed by atoms with E-state index in [1.165, 1.54) is 5.56 Å².